The molecular formula is C12H14BrNO2S. The van der Waals surface area contributed by atoms with E-state index in [1.165, 1.54) is 6.08 Å². The molecule has 1 amide bonds. The average molecular weight is 316 g/mol. The molecule has 1 saturated carbocycles. The maximum Gasteiger partial charge on any atom is 0.244 e. The van der Waals surface area contributed by atoms with Gasteiger partial charge in [-0.15, -0.1) is 11.3 Å². The highest BCUT2D eigenvalue weighted by molar-refractivity contribution is 9.11. The predicted octanol–water partition coefficient (Wildman–Crippen LogP) is 2.56. The van der Waals surface area contributed by atoms with Gasteiger partial charge in [0.05, 0.1) is 9.39 Å². The summed E-state index contributed by atoms with van der Waals surface area (Å²) in [5.41, 5.74) is 0.342. The van der Waals surface area contributed by atoms with Crippen molar-refractivity contribution >= 4 is 39.2 Å². The molecule has 1 aliphatic carbocycles. The molecule has 0 saturated heterocycles. The minimum absolute atomic E-state index is 0.160. The maximum absolute atomic E-state index is 11.5. The highest BCUT2D eigenvalue weighted by atomic mass is 79.9. The molecule has 1 fully saturated rings. The Morgan fingerprint density at radius 1 is 1.65 bits per heavy atom. The highest BCUT2D eigenvalue weighted by Crippen LogP contribution is 2.30. The lowest BCUT2D eigenvalue weighted by Crippen LogP contribution is -2.47. The number of amides is 1. The van der Waals surface area contributed by atoms with Crippen LogP contribution in [0.2, 0.25) is 0 Å². The molecule has 0 radical (unpaired) electrons. The number of thiophene rings is 1. The Balaban J connectivity index is 1.79. The molecule has 3 nitrogen and oxygen atoms in total. The summed E-state index contributed by atoms with van der Waals surface area (Å²) in [6.07, 6.45) is 5.88. The fourth-order valence-corrected chi connectivity index (χ4v) is 2.80. The van der Waals surface area contributed by atoms with Crippen molar-refractivity contribution in [2.45, 2.75) is 24.9 Å². The van der Waals surface area contributed by atoms with Crippen molar-refractivity contribution in [3.05, 3.63) is 26.9 Å². The number of carbonyl (C=O) groups excluding carboxylic acids is 1. The third-order valence-corrected chi connectivity index (χ3v) is 4.41. The Bertz CT molecular complexity index is 437. The third kappa shape index (κ3) is 3.66. The fourth-order valence-electron chi connectivity index (χ4n) is 1.65. The third-order valence-electron chi connectivity index (χ3n) is 2.89. The van der Waals surface area contributed by atoms with Crippen molar-refractivity contribution in [1.29, 1.82) is 0 Å². The first-order chi connectivity index (χ1) is 8.07. The summed E-state index contributed by atoms with van der Waals surface area (Å²) in [6, 6.07) is 1.95. The van der Waals surface area contributed by atoms with Crippen LogP contribution in [0.4, 0.5) is 0 Å². The number of hydrogen-bond acceptors (Lipinski definition) is 3. The van der Waals surface area contributed by atoms with Gasteiger partial charge >= 0.3 is 0 Å². The van der Waals surface area contributed by atoms with Gasteiger partial charge in [0.1, 0.15) is 0 Å². The van der Waals surface area contributed by atoms with Crippen LogP contribution in [-0.4, -0.2) is 23.2 Å². The fraction of sp³-hybridized carbons (Fsp3) is 0.417. The molecule has 1 aromatic heterocycles. The number of halogens is 1. The summed E-state index contributed by atoms with van der Waals surface area (Å²) < 4.78 is 1.04. The minimum Gasteiger partial charge on any atom is -0.388 e. The van der Waals surface area contributed by atoms with Crippen molar-refractivity contribution in [2.75, 3.05) is 6.54 Å². The average Bonchev–Trinajstić information content (AvgIpc) is 2.67. The van der Waals surface area contributed by atoms with Crippen LogP contribution in [0.5, 0.6) is 0 Å². The molecule has 1 heterocycles. The van der Waals surface area contributed by atoms with E-state index in [9.17, 15) is 9.90 Å². The zero-order valence-corrected chi connectivity index (χ0v) is 11.7. The van der Waals surface area contributed by atoms with Crippen molar-refractivity contribution in [2.24, 2.45) is 0 Å². The van der Waals surface area contributed by atoms with Gasteiger partial charge in [0.25, 0.3) is 0 Å². The Labute approximate surface area is 113 Å². The number of aliphatic hydroxyl groups is 1. The molecule has 0 bridgehead atoms. The molecule has 2 N–H and O–H groups in total. The molecule has 0 spiro atoms. The van der Waals surface area contributed by atoms with Crippen molar-refractivity contribution < 1.29 is 9.90 Å². The van der Waals surface area contributed by atoms with Gasteiger partial charge in [-0.3, -0.25) is 4.79 Å². The van der Waals surface area contributed by atoms with Gasteiger partial charge < -0.3 is 10.4 Å². The Kier molecular flexibility index (Phi) is 4.01. The second-order valence-corrected chi connectivity index (χ2v) is 6.60. The van der Waals surface area contributed by atoms with E-state index in [1.54, 1.807) is 17.4 Å². The summed E-state index contributed by atoms with van der Waals surface area (Å²) >= 11 is 4.94. The molecule has 0 atom stereocenters. The molecule has 17 heavy (non-hydrogen) atoms. The first kappa shape index (κ1) is 12.8. The number of hydrogen-bond donors (Lipinski definition) is 2. The number of carbonyl (C=O) groups is 1. The largest absolute Gasteiger partial charge is 0.388 e. The second kappa shape index (κ2) is 5.33. The van der Waals surface area contributed by atoms with E-state index in [4.69, 9.17) is 0 Å². The molecular weight excluding hydrogens is 302 g/mol. The van der Waals surface area contributed by atoms with Crippen LogP contribution in [0.15, 0.2) is 21.3 Å². The van der Waals surface area contributed by atoms with E-state index in [0.717, 1.165) is 28.6 Å². The molecule has 92 valence electrons. The van der Waals surface area contributed by atoms with E-state index >= 15 is 0 Å². The van der Waals surface area contributed by atoms with Gasteiger partial charge in [-0.1, -0.05) is 0 Å². The van der Waals surface area contributed by atoms with E-state index in [2.05, 4.69) is 21.2 Å². The van der Waals surface area contributed by atoms with Crippen molar-refractivity contribution in [3.8, 4) is 0 Å². The minimum atomic E-state index is -0.658. The van der Waals surface area contributed by atoms with Gasteiger partial charge in [0.2, 0.25) is 5.91 Å². The molecule has 1 aromatic rings. The molecule has 0 aliphatic heterocycles. The monoisotopic (exact) mass is 315 g/mol. The SMILES string of the molecule is O=C(C=Cc1csc(Br)c1)NCC1(O)CCC1. The quantitative estimate of drug-likeness (QED) is 0.839. The van der Waals surface area contributed by atoms with Gasteiger partial charge in [-0.25, -0.2) is 0 Å². The molecule has 1 aliphatic rings. The summed E-state index contributed by atoms with van der Waals surface area (Å²) in [6.45, 7) is 0.351. The zero-order valence-electron chi connectivity index (χ0n) is 9.28. The number of rotatable bonds is 4. The van der Waals surface area contributed by atoms with Crippen LogP contribution in [0.25, 0.3) is 6.08 Å². The van der Waals surface area contributed by atoms with Crippen molar-refractivity contribution in [1.82, 2.24) is 5.32 Å². The smallest absolute Gasteiger partial charge is 0.244 e. The molecule has 0 aromatic carbocycles. The van der Waals surface area contributed by atoms with Crippen LogP contribution in [-0.2, 0) is 4.79 Å². The summed E-state index contributed by atoms with van der Waals surface area (Å²) in [5, 5.41) is 14.5. The topological polar surface area (TPSA) is 49.3 Å². The van der Waals surface area contributed by atoms with Crippen LogP contribution in [0.1, 0.15) is 24.8 Å². The first-order valence-corrected chi connectivity index (χ1v) is 7.17. The second-order valence-electron chi connectivity index (χ2n) is 4.31. The number of nitrogens with one attached hydrogen (secondary N) is 1. The van der Waals surface area contributed by atoms with Gasteiger partial charge in [-0.05, 0) is 58.3 Å². The van der Waals surface area contributed by atoms with E-state index in [1.807, 2.05) is 11.4 Å². The van der Waals surface area contributed by atoms with Gasteiger partial charge in [0, 0.05) is 12.6 Å². The lowest BCUT2D eigenvalue weighted by Gasteiger charge is -2.36. The van der Waals surface area contributed by atoms with Crippen LogP contribution < -0.4 is 5.32 Å². The Morgan fingerprint density at radius 3 is 2.94 bits per heavy atom. The first-order valence-electron chi connectivity index (χ1n) is 5.50. The van der Waals surface area contributed by atoms with Gasteiger partial charge in [0.15, 0.2) is 0 Å². The van der Waals surface area contributed by atoms with E-state index < -0.39 is 5.60 Å². The predicted molar refractivity (Wildman–Crippen MR) is 72.9 cm³/mol. The Hall–Kier alpha value is -0.650. The summed E-state index contributed by atoms with van der Waals surface area (Å²) in [5.74, 6) is -0.160. The lowest BCUT2D eigenvalue weighted by molar-refractivity contribution is -0.118. The molecule has 5 heteroatoms. The van der Waals surface area contributed by atoms with E-state index in [0.29, 0.717) is 6.54 Å². The van der Waals surface area contributed by atoms with Gasteiger partial charge in [-0.2, -0.15) is 0 Å². The standard InChI is InChI=1S/C12H14BrNO2S/c13-10-6-9(7-17-10)2-3-11(15)14-8-12(16)4-1-5-12/h2-3,6-7,16H,1,4-5,8H2,(H,14,15). The van der Waals surface area contributed by atoms with E-state index in [-0.39, 0.29) is 5.91 Å². The van der Waals surface area contributed by atoms with Crippen LogP contribution >= 0.6 is 27.3 Å². The van der Waals surface area contributed by atoms with Crippen LogP contribution in [0.3, 0.4) is 0 Å². The highest BCUT2D eigenvalue weighted by Gasteiger charge is 2.34. The normalized spacial score (nSPS) is 18.0. The molecule has 2 rings (SSSR count). The molecule has 0 unspecified atom stereocenters. The van der Waals surface area contributed by atoms with Crippen LogP contribution in [0, 0.1) is 0 Å². The van der Waals surface area contributed by atoms with Crippen molar-refractivity contribution in [3.63, 3.8) is 0 Å². The Morgan fingerprint density at radius 2 is 2.41 bits per heavy atom. The summed E-state index contributed by atoms with van der Waals surface area (Å²) in [4.78, 5) is 11.5. The maximum atomic E-state index is 11.5. The lowest BCUT2D eigenvalue weighted by atomic mass is 9.80. The summed E-state index contributed by atoms with van der Waals surface area (Å²) in [7, 11) is 0. The zero-order chi connectivity index (χ0) is 12.3.